The van der Waals surface area contributed by atoms with Crippen molar-refractivity contribution >= 4 is 23.1 Å². The zero-order valence-electron chi connectivity index (χ0n) is 18.0. The molecule has 1 amide bonds. The van der Waals surface area contributed by atoms with Gasteiger partial charge in [0.2, 0.25) is 0 Å². The largest absolute Gasteiger partial charge is 0.378 e. The van der Waals surface area contributed by atoms with E-state index in [2.05, 4.69) is 25.3 Å². The minimum Gasteiger partial charge on any atom is -0.378 e. The van der Waals surface area contributed by atoms with E-state index in [9.17, 15) is 4.79 Å². The quantitative estimate of drug-likeness (QED) is 0.665. The maximum atomic E-state index is 12.7. The Hall–Kier alpha value is -3.45. The summed E-state index contributed by atoms with van der Waals surface area (Å²) in [5.74, 6) is 0.799. The van der Waals surface area contributed by atoms with Crippen LogP contribution in [0.2, 0.25) is 0 Å². The van der Waals surface area contributed by atoms with Crippen molar-refractivity contribution in [1.82, 2.24) is 10.2 Å². The smallest absolute Gasteiger partial charge is 0.255 e. The molecule has 0 spiro atoms. The molecule has 32 heavy (non-hydrogen) atoms. The molecule has 1 N–H and O–H groups in total. The topological polar surface area (TPSA) is 70.6 Å². The zero-order valence-corrected chi connectivity index (χ0v) is 18.0. The molecule has 0 bridgehead atoms. The lowest BCUT2D eigenvalue weighted by Gasteiger charge is -2.28. The van der Waals surface area contributed by atoms with Crippen LogP contribution in [0.1, 0.15) is 23.2 Å². The molecule has 164 valence electrons. The van der Waals surface area contributed by atoms with Crippen LogP contribution in [0.25, 0.3) is 11.3 Å². The van der Waals surface area contributed by atoms with Gasteiger partial charge in [0.1, 0.15) is 0 Å². The highest BCUT2D eigenvalue weighted by molar-refractivity contribution is 6.04. The molecular weight excluding hydrogens is 402 g/mol. The summed E-state index contributed by atoms with van der Waals surface area (Å²) in [6, 6.07) is 19.4. The third kappa shape index (κ3) is 4.57. The molecule has 0 atom stereocenters. The number of ether oxygens (including phenoxy) is 1. The molecule has 7 nitrogen and oxygen atoms in total. The maximum absolute atomic E-state index is 12.7. The normalized spacial score (nSPS) is 16.2. The Bertz CT molecular complexity index is 1040. The molecule has 3 heterocycles. The fraction of sp³-hybridized carbons (Fsp3) is 0.320. The fourth-order valence-electron chi connectivity index (χ4n) is 4.17. The van der Waals surface area contributed by atoms with E-state index in [0.717, 1.165) is 67.8 Å². The second-order valence-electron chi connectivity index (χ2n) is 8.15. The van der Waals surface area contributed by atoms with Gasteiger partial charge in [0.05, 0.1) is 18.9 Å². The lowest BCUT2D eigenvalue weighted by Crippen LogP contribution is -2.36. The molecule has 0 radical (unpaired) electrons. The van der Waals surface area contributed by atoms with E-state index in [1.54, 1.807) is 0 Å². The van der Waals surface area contributed by atoms with Crippen LogP contribution in [0.4, 0.5) is 17.2 Å². The van der Waals surface area contributed by atoms with Crippen LogP contribution < -0.4 is 15.1 Å². The van der Waals surface area contributed by atoms with Gasteiger partial charge in [-0.05, 0) is 61.4 Å². The van der Waals surface area contributed by atoms with Crippen LogP contribution in [0, 0.1) is 0 Å². The van der Waals surface area contributed by atoms with Crippen LogP contribution >= 0.6 is 0 Å². The van der Waals surface area contributed by atoms with Crippen LogP contribution in [-0.4, -0.2) is 55.5 Å². The number of amides is 1. The molecular formula is C25H27N5O2. The predicted molar refractivity (Wildman–Crippen MR) is 126 cm³/mol. The van der Waals surface area contributed by atoms with Gasteiger partial charge >= 0.3 is 0 Å². The van der Waals surface area contributed by atoms with E-state index in [1.165, 1.54) is 12.8 Å². The maximum Gasteiger partial charge on any atom is 0.255 e. The Morgan fingerprint density at radius 1 is 0.781 bits per heavy atom. The second kappa shape index (κ2) is 9.36. The van der Waals surface area contributed by atoms with Gasteiger partial charge in [-0.1, -0.05) is 12.1 Å². The van der Waals surface area contributed by atoms with Crippen LogP contribution in [0.15, 0.2) is 60.7 Å². The monoisotopic (exact) mass is 429 g/mol. The first kappa shape index (κ1) is 20.5. The van der Waals surface area contributed by atoms with Gasteiger partial charge in [-0.25, -0.2) is 0 Å². The Morgan fingerprint density at radius 3 is 2.16 bits per heavy atom. The van der Waals surface area contributed by atoms with E-state index < -0.39 is 0 Å². The summed E-state index contributed by atoms with van der Waals surface area (Å²) in [6.07, 6.45) is 2.43. The number of hydrogen-bond acceptors (Lipinski definition) is 6. The number of carbonyl (C=O) groups excluding carboxylic acids is 1. The van der Waals surface area contributed by atoms with E-state index in [0.29, 0.717) is 5.56 Å². The van der Waals surface area contributed by atoms with Crippen LogP contribution in [-0.2, 0) is 4.74 Å². The Morgan fingerprint density at radius 2 is 1.50 bits per heavy atom. The minimum absolute atomic E-state index is 0.133. The molecule has 0 saturated carbocycles. The van der Waals surface area contributed by atoms with Gasteiger partial charge in [-0.2, -0.15) is 0 Å². The summed E-state index contributed by atoms with van der Waals surface area (Å²) in [5, 5.41) is 11.7. The Kier molecular flexibility index (Phi) is 5.98. The molecule has 2 saturated heterocycles. The molecule has 2 aliphatic heterocycles. The third-order valence-electron chi connectivity index (χ3n) is 6.02. The molecule has 0 unspecified atom stereocenters. The number of benzene rings is 2. The van der Waals surface area contributed by atoms with Gasteiger partial charge in [0.15, 0.2) is 5.82 Å². The van der Waals surface area contributed by atoms with E-state index in [1.807, 2.05) is 60.7 Å². The number of rotatable bonds is 5. The van der Waals surface area contributed by atoms with Gasteiger partial charge in [-0.3, -0.25) is 4.79 Å². The highest BCUT2D eigenvalue weighted by Gasteiger charge is 2.15. The van der Waals surface area contributed by atoms with Crippen molar-refractivity contribution in [2.75, 3.05) is 54.5 Å². The molecule has 1 aromatic heterocycles. The average Bonchev–Trinajstić information content (AvgIpc) is 3.40. The Balaban J connectivity index is 1.21. The number of nitrogens with zero attached hydrogens (tertiary/aromatic N) is 4. The summed E-state index contributed by atoms with van der Waals surface area (Å²) in [4.78, 5) is 17.2. The number of hydrogen-bond donors (Lipinski definition) is 1. The van der Waals surface area contributed by atoms with E-state index in [-0.39, 0.29) is 5.91 Å². The molecule has 2 aliphatic rings. The third-order valence-corrected chi connectivity index (χ3v) is 6.02. The number of nitrogens with one attached hydrogen (secondary N) is 1. The van der Waals surface area contributed by atoms with E-state index >= 15 is 0 Å². The van der Waals surface area contributed by atoms with Crippen molar-refractivity contribution in [1.29, 1.82) is 0 Å². The molecule has 7 heteroatoms. The minimum atomic E-state index is -0.133. The van der Waals surface area contributed by atoms with E-state index in [4.69, 9.17) is 4.74 Å². The summed E-state index contributed by atoms with van der Waals surface area (Å²) >= 11 is 0. The van der Waals surface area contributed by atoms with Crippen molar-refractivity contribution in [3.8, 4) is 11.3 Å². The van der Waals surface area contributed by atoms with Crippen LogP contribution in [0.5, 0.6) is 0 Å². The highest BCUT2D eigenvalue weighted by Crippen LogP contribution is 2.23. The fourth-order valence-corrected chi connectivity index (χ4v) is 4.17. The number of morpholine rings is 1. The highest BCUT2D eigenvalue weighted by atomic mass is 16.5. The zero-order chi connectivity index (χ0) is 21.8. The average molecular weight is 430 g/mol. The van der Waals surface area contributed by atoms with Crippen molar-refractivity contribution in [3.63, 3.8) is 0 Å². The van der Waals surface area contributed by atoms with Gasteiger partial charge in [-0.15, -0.1) is 10.2 Å². The lowest BCUT2D eigenvalue weighted by atomic mass is 10.1. The van der Waals surface area contributed by atoms with Gasteiger partial charge < -0.3 is 19.9 Å². The predicted octanol–water partition coefficient (Wildman–Crippen LogP) is 3.83. The first-order valence-corrected chi connectivity index (χ1v) is 11.2. The van der Waals surface area contributed by atoms with Gasteiger partial charge in [0.25, 0.3) is 5.91 Å². The SMILES string of the molecule is O=C(Nc1ccc(N2CCOCC2)cc1)c1ccc(-c2ccc(N3CCCC3)nn2)cc1. The summed E-state index contributed by atoms with van der Waals surface area (Å²) in [5.41, 5.74) is 4.27. The summed E-state index contributed by atoms with van der Waals surface area (Å²) < 4.78 is 5.40. The second-order valence-corrected chi connectivity index (χ2v) is 8.15. The molecule has 3 aromatic rings. The molecule has 5 rings (SSSR count). The molecule has 2 fully saturated rings. The standard InChI is InChI=1S/C25H27N5O2/c31-25(26-21-7-9-22(10-8-21)29-15-17-32-18-16-29)20-5-3-19(4-6-20)23-11-12-24(28-27-23)30-13-1-2-14-30/h3-12H,1-2,13-18H2,(H,26,31). The van der Waals surface area contributed by atoms with Crippen molar-refractivity contribution in [2.45, 2.75) is 12.8 Å². The van der Waals surface area contributed by atoms with Crippen LogP contribution in [0.3, 0.4) is 0 Å². The number of carbonyl (C=O) groups is 1. The molecule has 0 aliphatic carbocycles. The first-order chi connectivity index (χ1) is 15.8. The summed E-state index contributed by atoms with van der Waals surface area (Å²) in [6.45, 7) is 5.39. The Labute approximate surface area is 188 Å². The number of aromatic nitrogens is 2. The lowest BCUT2D eigenvalue weighted by molar-refractivity contribution is 0.102. The van der Waals surface area contributed by atoms with Crippen molar-refractivity contribution < 1.29 is 9.53 Å². The number of anilines is 3. The first-order valence-electron chi connectivity index (χ1n) is 11.2. The molecule has 2 aromatic carbocycles. The van der Waals surface area contributed by atoms with Gasteiger partial charge in [0, 0.05) is 48.7 Å². The van der Waals surface area contributed by atoms with Crippen molar-refractivity contribution in [3.05, 3.63) is 66.2 Å². The van der Waals surface area contributed by atoms with Crippen molar-refractivity contribution in [2.24, 2.45) is 0 Å². The summed E-state index contributed by atoms with van der Waals surface area (Å²) in [7, 11) is 0.